The molecule has 1 N–H and O–H groups in total. The van der Waals surface area contributed by atoms with E-state index in [9.17, 15) is 0 Å². The Kier molecular flexibility index (Phi) is 5.10. The fourth-order valence-electron chi connectivity index (χ4n) is 3.03. The number of pyridine rings is 1. The maximum atomic E-state index is 4.71. The van der Waals surface area contributed by atoms with Crippen molar-refractivity contribution in [2.45, 2.75) is 26.3 Å². The molecule has 0 spiro atoms. The molecule has 4 rings (SSSR count). The van der Waals surface area contributed by atoms with E-state index in [4.69, 9.17) is 4.98 Å². The molecule has 0 aliphatic heterocycles. The van der Waals surface area contributed by atoms with Crippen LogP contribution in [0.2, 0.25) is 0 Å². The first-order valence-electron chi connectivity index (χ1n) is 9.38. The van der Waals surface area contributed by atoms with Crippen molar-refractivity contribution in [3.05, 3.63) is 84.6 Å². The van der Waals surface area contributed by atoms with Crippen molar-refractivity contribution in [2.75, 3.05) is 5.32 Å². The average Bonchev–Trinajstić information content (AvgIpc) is 3.29. The molecule has 6 heteroatoms. The largest absolute Gasteiger partial charge is 0.363 e. The van der Waals surface area contributed by atoms with Gasteiger partial charge in [0.05, 0.1) is 5.69 Å². The lowest BCUT2D eigenvalue weighted by atomic mass is 10.1. The maximum Gasteiger partial charge on any atom is 0.161 e. The van der Waals surface area contributed by atoms with Crippen molar-refractivity contribution >= 4 is 5.82 Å². The van der Waals surface area contributed by atoms with E-state index in [-0.39, 0.29) is 6.04 Å². The molecule has 0 fully saturated rings. The van der Waals surface area contributed by atoms with Gasteiger partial charge >= 0.3 is 0 Å². The second kappa shape index (κ2) is 8.00. The molecule has 3 aromatic heterocycles. The van der Waals surface area contributed by atoms with Gasteiger partial charge in [0.2, 0.25) is 0 Å². The Balaban J connectivity index is 1.56. The topological polar surface area (TPSA) is 68.5 Å². The highest BCUT2D eigenvalue weighted by Crippen LogP contribution is 2.22. The van der Waals surface area contributed by atoms with E-state index in [2.05, 4.69) is 58.5 Å². The number of hydrogen-bond donors (Lipinski definition) is 1. The third-order valence-electron chi connectivity index (χ3n) is 4.61. The van der Waals surface area contributed by atoms with Gasteiger partial charge in [-0.05, 0) is 49.2 Å². The minimum Gasteiger partial charge on any atom is -0.363 e. The fourth-order valence-corrected chi connectivity index (χ4v) is 3.03. The molecule has 0 bridgehead atoms. The lowest BCUT2D eigenvalue weighted by Crippen LogP contribution is -2.10. The smallest absolute Gasteiger partial charge is 0.161 e. The molecule has 1 aromatic carbocycles. The van der Waals surface area contributed by atoms with Gasteiger partial charge in [0.1, 0.15) is 5.82 Å². The van der Waals surface area contributed by atoms with Gasteiger partial charge in [0.25, 0.3) is 0 Å². The van der Waals surface area contributed by atoms with Crippen LogP contribution in [0.25, 0.3) is 17.1 Å². The van der Waals surface area contributed by atoms with E-state index in [1.54, 1.807) is 18.6 Å². The van der Waals surface area contributed by atoms with Crippen molar-refractivity contribution in [3.8, 4) is 17.1 Å². The molecule has 140 valence electrons. The Morgan fingerprint density at radius 1 is 1.00 bits per heavy atom. The van der Waals surface area contributed by atoms with Crippen LogP contribution in [0.4, 0.5) is 5.82 Å². The highest BCUT2D eigenvalue weighted by molar-refractivity contribution is 5.57. The Morgan fingerprint density at radius 2 is 1.79 bits per heavy atom. The predicted molar refractivity (Wildman–Crippen MR) is 110 cm³/mol. The van der Waals surface area contributed by atoms with Gasteiger partial charge in [0, 0.05) is 48.2 Å². The zero-order valence-electron chi connectivity index (χ0n) is 15.9. The van der Waals surface area contributed by atoms with Gasteiger partial charge in [-0.1, -0.05) is 19.1 Å². The number of rotatable bonds is 6. The first-order valence-corrected chi connectivity index (χ1v) is 9.38. The van der Waals surface area contributed by atoms with E-state index in [0.717, 1.165) is 29.2 Å². The molecule has 0 amide bonds. The highest BCUT2D eigenvalue weighted by Gasteiger charge is 2.10. The van der Waals surface area contributed by atoms with Crippen LogP contribution >= 0.6 is 0 Å². The standard InChI is InChI=1S/C22H22N6/c1-3-19-15-21(27-22(26-19)18-9-12-23-13-10-18)25-16(2)17-5-7-20(8-6-17)28-14-4-11-24-28/h4-16H,3H2,1-2H3,(H,25,26,27). The van der Waals surface area contributed by atoms with Crippen LogP contribution in [0.5, 0.6) is 0 Å². The summed E-state index contributed by atoms with van der Waals surface area (Å²) in [4.78, 5) is 13.4. The van der Waals surface area contributed by atoms with Crippen molar-refractivity contribution < 1.29 is 0 Å². The van der Waals surface area contributed by atoms with E-state index in [0.29, 0.717) is 5.82 Å². The summed E-state index contributed by atoms with van der Waals surface area (Å²) >= 11 is 0. The minimum absolute atomic E-state index is 0.108. The molecule has 1 atom stereocenters. The summed E-state index contributed by atoms with van der Waals surface area (Å²) in [6, 6.07) is 16.3. The molecule has 28 heavy (non-hydrogen) atoms. The van der Waals surface area contributed by atoms with Gasteiger partial charge in [-0.2, -0.15) is 5.10 Å². The number of anilines is 1. The van der Waals surface area contributed by atoms with Crippen LogP contribution in [0.3, 0.4) is 0 Å². The third-order valence-corrected chi connectivity index (χ3v) is 4.61. The van der Waals surface area contributed by atoms with Crippen LogP contribution < -0.4 is 5.32 Å². The molecule has 6 nitrogen and oxygen atoms in total. The first kappa shape index (κ1) is 17.9. The molecular formula is C22H22N6. The quantitative estimate of drug-likeness (QED) is 0.543. The molecule has 0 saturated heterocycles. The number of nitrogens with one attached hydrogen (secondary N) is 1. The summed E-state index contributed by atoms with van der Waals surface area (Å²) in [5.41, 5.74) is 4.18. The van der Waals surface area contributed by atoms with Crippen molar-refractivity contribution in [1.29, 1.82) is 0 Å². The average molecular weight is 370 g/mol. The number of aryl methyl sites for hydroxylation is 1. The maximum absolute atomic E-state index is 4.71. The highest BCUT2D eigenvalue weighted by atomic mass is 15.3. The summed E-state index contributed by atoms with van der Waals surface area (Å²) in [6.45, 7) is 4.22. The molecular weight excluding hydrogens is 348 g/mol. The minimum atomic E-state index is 0.108. The van der Waals surface area contributed by atoms with Gasteiger partial charge < -0.3 is 5.32 Å². The number of hydrogen-bond acceptors (Lipinski definition) is 5. The molecule has 3 heterocycles. The van der Waals surface area contributed by atoms with Gasteiger partial charge in [-0.3, -0.25) is 4.98 Å². The van der Waals surface area contributed by atoms with Crippen molar-refractivity contribution in [2.24, 2.45) is 0 Å². The molecule has 0 saturated carbocycles. The predicted octanol–water partition coefficient (Wildman–Crippen LogP) is 4.46. The second-order valence-corrected chi connectivity index (χ2v) is 6.57. The summed E-state index contributed by atoms with van der Waals surface area (Å²) in [6.07, 6.45) is 8.08. The number of aromatic nitrogens is 5. The van der Waals surface area contributed by atoms with Crippen LogP contribution in [0, 0.1) is 0 Å². The van der Waals surface area contributed by atoms with Crippen LogP contribution in [-0.2, 0) is 6.42 Å². The second-order valence-electron chi connectivity index (χ2n) is 6.57. The van der Waals surface area contributed by atoms with E-state index >= 15 is 0 Å². The normalized spacial score (nSPS) is 11.9. The monoisotopic (exact) mass is 370 g/mol. The lowest BCUT2D eigenvalue weighted by molar-refractivity contribution is 0.855. The Hall–Kier alpha value is -3.54. The summed E-state index contributed by atoms with van der Waals surface area (Å²) in [7, 11) is 0. The molecule has 4 aromatic rings. The fraction of sp³-hybridized carbons (Fsp3) is 0.182. The molecule has 0 radical (unpaired) electrons. The molecule has 0 aliphatic carbocycles. The number of nitrogens with zero attached hydrogens (tertiary/aromatic N) is 5. The Bertz CT molecular complexity index is 1030. The van der Waals surface area contributed by atoms with Crippen molar-refractivity contribution in [3.63, 3.8) is 0 Å². The van der Waals surface area contributed by atoms with E-state index in [1.165, 1.54) is 5.56 Å². The van der Waals surface area contributed by atoms with Gasteiger partial charge in [0.15, 0.2) is 5.82 Å². The third kappa shape index (κ3) is 3.91. The lowest BCUT2D eigenvalue weighted by Gasteiger charge is -2.17. The summed E-state index contributed by atoms with van der Waals surface area (Å²) in [5, 5.41) is 7.77. The first-order chi connectivity index (χ1) is 13.7. The Labute approximate surface area is 164 Å². The Morgan fingerprint density at radius 3 is 2.46 bits per heavy atom. The molecule has 0 aliphatic rings. The van der Waals surface area contributed by atoms with Crippen LogP contribution in [-0.4, -0.2) is 24.7 Å². The van der Waals surface area contributed by atoms with E-state index < -0.39 is 0 Å². The number of benzene rings is 1. The molecule has 1 unspecified atom stereocenters. The zero-order chi connectivity index (χ0) is 19.3. The van der Waals surface area contributed by atoms with Crippen LogP contribution in [0.1, 0.15) is 31.1 Å². The zero-order valence-corrected chi connectivity index (χ0v) is 15.9. The summed E-state index contributed by atoms with van der Waals surface area (Å²) in [5.74, 6) is 1.53. The van der Waals surface area contributed by atoms with Gasteiger partial charge in [-0.25, -0.2) is 14.6 Å². The van der Waals surface area contributed by atoms with Crippen LogP contribution in [0.15, 0.2) is 73.3 Å². The SMILES string of the molecule is CCc1cc(NC(C)c2ccc(-n3cccn3)cc2)nc(-c2ccncc2)n1. The summed E-state index contributed by atoms with van der Waals surface area (Å²) < 4.78 is 1.85. The van der Waals surface area contributed by atoms with Gasteiger partial charge in [-0.15, -0.1) is 0 Å². The van der Waals surface area contributed by atoms with Crippen molar-refractivity contribution in [1.82, 2.24) is 24.7 Å². The van der Waals surface area contributed by atoms with E-state index in [1.807, 2.05) is 35.1 Å².